The Labute approximate surface area is 111 Å². The van der Waals surface area contributed by atoms with Crippen LogP contribution in [0.4, 0.5) is 0 Å². The fourth-order valence-corrected chi connectivity index (χ4v) is 7.78. The number of hydrogen-bond acceptors (Lipinski definition) is 0. The van der Waals surface area contributed by atoms with Gasteiger partial charge in [0.25, 0.3) is 0 Å². The van der Waals surface area contributed by atoms with E-state index in [0.29, 0.717) is 10.8 Å². The number of hydrogen-bond donors (Lipinski definition) is 0. The van der Waals surface area contributed by atoms with Gasteiger partial charge >= 0.3 is 0 Å². The minimum Gasteiger partial charge on any atom is -0.0845 e. The van der Waals surface area contributed by atoms with Crippen LogP contribution in [0.3, 0.4) is 0 Å². The highest BCUT2D eigenvalue weighted by atomic mass is 14.7. The van der Waals surface area contributed by atoms with Crippen LogP contribution in [0.2, 0.25) is 0 Å². The smallest absolute Gasteiger partial charge is 0.0107 e. The maximum absolute atomic E-state index is 2.66. The normalized spacial score (nSPS) is 67.4. The summed E-state index contributed by atoms with van der Waals surface area (Å²) < 4.78 is 0. The summed E-state index contributed by atoms with van der Waals surface area (Å²) >= 11 is 0. The van der Waals surface area contributed by atoms with Crippen molar-refractivity contribution in [1.29, 1.82) is 0 Å². The number of allylic oxidation sites excluding steroid dienone is 2. The molecule has 8 atom stereocenters. The molecular weight excluding hydrogens is 216 g/mol. The van der Waals surface area contributed by atoms with Gasteiger partial charge in [-0.15, -0.1) is 0 Å². The van der Waals surface area contributed by atoms with Gasteiger partial charge in [0, 0.05) is 0 Å². The first-order valence-corrected chi connectivity index (χ1v) is 8.30. The van der Waals surface area contributed by atoms with Crippen molar-refractivity contribution in [1.82, 2.24) is 0 Å². The van der Waals surface area contributed by atoms with Crippen molar-refractivity contribution in [3.63, 3.8) is 0 Å². The predicted octanol–water partition coefficient (Wildman–Crippen LogP) is 4.66. The molecule has 0 saturated heterocycles. The van der Waals surface area contributed by atoms with Crippen molar-refractivity contribution in [2.24, 2.45) is 46.3 Å². The van der Waals surface area contributed by atoms with E-state index in [1.165, 1.54) is 12.8 Å². The van der Waals surface area contributed by atoms with Gasteiger partial charge in [0.2, 0.25) is 0 Å². The molecule has 5 aliphatic rings. The highest BCUT2D eigenvalue weighted by Crippen LogP contribution is 2.75. The summed E-state index contributed by atoms with van der Waals surface area (Å²) in [6, 6.07) is 0. The molecule has 0 aromatic heterocycles. The minimum atomic E-state index is 0.592. The molecule has 8 unspecified atom stereocenters. The average Bonchev–Trinajstić information content (AvgIpc) is 3.00. The Kier molecular flexibility index (Phi) is 1.70. The van der Waals surface area contributed by atoms with E-state index in [-0.39, 0.29) is 0 Å². The topological polar surface area (TPSA) is 0 Å². The van der Waals surface area contributed by atoms with Gasteiger partial charge < -0.3 is 0 Å². The van der Waals surface area contributed by atoms with Gasteiger partial charge in [0.15, 0.2) is 0 Å². The van der Waals surface area contributed by atoms with Gasteiger partial charge in [-0.25, -0.2) is 0 Å². The summed E-state index contributed by atoms with van der Waals surface area (Å²) in [7, 11) is 0. The largest absolute Gasteiger partial charge is 0.0845 e. The van der Waals surface area contributed by atoms with Crippen LogP contribution in [0.5, 0.6) is 0 Å². The van der Waals surface area contributed by atoms with Gasteiger partial charge in [0.05, 0.1) is 0 Å². The summed E-state index contributed by atoms with van der Waals surface area (Å²) in [4.78, 5) is 0. The molecule has 0 aromatic carbocycles. The van der Waals surface area contributed by atoms with E-state index in [4.69, 9.17) is 0 Å². The Morgan fingerprint density at radius 1 is 0.944 bits per heavy atom. The Balaban J connectivity index is 1.65. The molecule has 5 rings (SSSR count). The summed E-state index contributed by atoms with van der Waals surface area (Å²) in [5.74, 6) is 6.41. The maximum Gasteiger partial charge on any atom is -0.0107 e. The molecule has 0 heteroatoms. The molecule has 0 spiro atoms. The van der Waals surface area contributed by atoms with Gasteiger partial charge in [0.1, 0.15) is 0 Å². The summed E-state index contributed by atoms with van der Waals surface area (Å²) in [5.41, 5.74) is 1.31. The third-order valence-electron chi connectivity index (χ3n) is 7.97. The SMILES string of the molecule is CC12C=CC(C1)C1C2C2CC1(C)CC1CCCC12. The zero-order chi connectivity index (χ0) is 12.1. The van der Waals surface area contributed by atoms with Crippen LogP contribution in [0, 0.1) is 46.3 Å². The van der Waals surface area contributed by atoms with Crippen LogP contribution in [0.1, 0.15) is 52.4 Å². The molecule has 18 heavy (non-hydrogen) atoms. The first kappa shape index (κ1) is 10.5. The van der Waals surface area contributed by atoms with Crippen LogP contribution in [0.25, 0.3) is 0 Å². The highest BCUT2D eigenvalue weighted by Gasteiger charge is 2.68. The van der Waals surface area contributed by atoms with Gasteiger partial charge in [-0.05, 0) is 72.0 Å². The lowest BCUT2D eigenvalue weighted by Gasteiger charge is -2.41. The van der Waals surface area contributed by atoms with E-state index in [1.54, 1.807) is 25.7 Å². The molecule has 0 radical (unpaired) electrons. The second-order valence-corrected chi connectivity index (χ2v) is 8.87. The first-order valence-electron chi connectivity index (χ1n) is 8.30. The fraction of sp³-hybridized carbons (Fsp3) is 0.889. The van der Waals surface area contributed by atoms with Crippen molar-refractivity contribution in [2.45, 2.75) is 52.4 Å². The lowest BCUT2D eigenvalue weighted by Crippen LogP contribution is -2.33. The van der Waals surface area contributed by atoms with E-state index >= 15 is 0 Å². The third-order valence-corrected chi connectivity index (χ3v) is 7.97. The van der Waals surface area contributed by atoms with Crippen molar-refractivity contribution in [3.8, 4) is 0 Å². The van der Waals surface area contributed by atoms with Crippen LogP contribution in [-0.4, -0.2) is 0 Å². The number of rotatable bonds is 0. The van der Waals surface area contributed by atoms with Crippen molar-refractivity contribution >= 4 is 0 Å². The second kappa shape index (κ2) is 2.91. The van der Waals surface area contributed by atoms with Crippen molar-refractivity contribution < 1.29 is 0 Å². The monoisotopic (exact) mass is 242 g/mol. The third kappa shape index (κ3) is 0.991. The molecule has 0 nitrogen and oxygen atoms in total. The highest BCUT2D eigenvalue weighted by molar-refractivity contribution is 5.27. The maximum atomic E-state index is 2.66. The molecule has 4 fully saturated rings. The Morgan fingerprint density at radius 2 is 1.83 bits per heavy atom. The lowest BCUT2D eigenvalue weighted by atomic mass is 9.64. The zero-order valence-corrected chi connectivity index (χ0v) is 11.9. The van der Waals surface area contributed by atoms with E-state index in [1.807, 2.05) is 0 Å². The van der Waals surface area contributed by atoms with Crippen LogP contribution < -0.4 is 0 Å². The molecule has 0 N–H and O–H groups in total. The summed E-state index contributed by atoms with van der Waals surface area (Å²) in [6.07, 6.45) is 14.5. The van der Waals surface area contributed by atoms with Crippen LogP contribution in [0.15, 0.2) is 12.2 Å². The molecular formula is C18H26. The standard InChI is InChI=1S/C18H26/c1-17-7-6-12(9-17)15-16(17)14-10-18(15,2)8-11-4-3-5-13(11)14/h6-7,11-16H,3-5,8-10H2,1-2H3. The van der Waals surface area contributed by atoms with Gasteiger partial charge in [-0.1, -0.05) is 38.8 Å². The molecule has 0 aromatic rings. The lowest BCUT2D eigenvalue weighted by molar-refractivity contribution is 0.0837. The molecule has 98 valence electrons. The minimum absolute atomic E-state index is 0.592. The number of fused-ring (bicyclic) bond motifs is 11. The van der Waals surface area contributed by atoms with Gasteiger partial charge in [-0.3, -0.25) is 0 Å². The van der Waals surface area contributed by atoms with Crippen molar-refractivity contribution in [3.05, 3.63) is 12.2 Å². The molecule has 0 aliphatic heterocycles. The Bertz CT molecular complexity index is 435. The van der Waals surface area contributed by atoms with Crippen LogP contribution >= 0.6 is 0 Å². The fourth-order valence-electron chi connectivity index (χ4n) is 7.78. The zero-order valence-electron chi connectivity index (χ0n) is 11.9. The second-order valence-electron chi connectivity index (χ2n) is 8.87. The van der Waals surface area contributed by atoms with Crippen molar-refractivity contribution in [2.75, 3.05) is 0 Å². The summed E-state index contributed by atoms with van der Waals surface area (Å²) in [6.45, 7) is 5.25. The first-order chi connectivity index (χ1) is 8.61. The van der Waals surface area contributed by atoms with E-state index < -0.39 is 0 Å². The summed E-state index contributed by atoms with van der Waals surface area (Å²) in [5, 5.41) is 0. The predicted molar refractivity (Wildman–Crippen MR) is 74.0 cm³/mol. The van der Waals surface area contributed by atoms with Gasteiger partial charge in [-0.2, -0.15) is 0 Å². The average molecular weight is 242 g/mol. The molecule has 4 bridgehead atoms. The van der Waals surface area contributed by atoms with Crippen LogP contribution in [-0.2, 0) is 0 Å². The Morgan fingerprint density at radius 3 is 2.72 bits per heavy atom. The quantitative estimate of drug-likeness (QED) is 0.428. The molecule has 5 aliphatic carbocycles. The Hall–Kier alpha value is -0.260. The van der Waals surface area contributed by atoms with E-state index in [2.05, 4.69) is 26.0 Å². The molecule has 0 heterocycles. The van der Waals surface area contributed by atoms with E-state index in [9.17, 15) is 0 Å². The molecule has 0 amide bonds. The molecule has 4 saturated carbocycles. The van der Waals surface area contributed by atoms with E-state index in [0.717, 1.165) is 35.5 Å².